The van der Waals surface area contributed by atoms with E-state index in [0.29, 0.717) is 5.02 Å². The van der Waals surface area contributed by atoms with Crippen LogP contribution in [-0.4, -0.2) is 19.0 Å². The molecule has 0 bridgehead atoms. The Morgan fingerprint density at radius 2 is 1.56 bits per heavy atom. The molecule has 0 saturated heterocycles. The van der Waals surface area contributed by atoms with Crippen molar-refractivity contribution >= 4 is 28.9 Å². The van der Waals surface area contributed by atoms with Crippen molar-refractivity contribution in [2.75, 3.05) is 23.3 Å². The lowest BCUT2D eigenvalue weighted by molar-refractivity contribution is -0.118. The van der Waals surface area contributed by atoms with E-state index in [1.165, 1.54) is 5.69 Å². The number of hydrogen-bond acceptors (Lipinski definition) is 2. The minimum absolute atomic E-state index is 0.00733. The van der Waals surface area contributed by atoms with E-state index in [4.69, 9.17) is 11.6 Å². The minimum Gasteiger partial charge on any atom is -0.372 e. The lowest BCUT2D eigenvalue weighted by Crippen LogP contribution is -2.25. The van der Waals surface area contributed by atoms with Crippen LogP contribution >= 0.6 is 11.6 Å². The van der Waals surface area contributed by atoms with Gasteiger partial charge in [-0.3, -0.25) is 4.79 Å². The molecule has 0 aliphatic heterocycles. The maximum atomic E-state index is 12.8. The predicted octanol–water partition coefficient (Wildman–Crippen LogP) is 5.56. The van der Waals surface area contributed by atoms with Gasteiger partial charge in [-0.05, 0) is 61.7 Å². The zero-order valence-electron chi connectivity index (χ0n) is 15.4. The second-order valence-electron chi connectivity index (χ2n) is 6.48. The van der Waals surface area contributed by atoms with Gasteiger partial charge < -0.3 is 10.2 Å². The Morgan fingerprint density at radius 3 is 2.04 bits per heavy atom. The summed E-state index contributed by atoms with van der Waals surface area (Å²) >= 11 is 5.96. The fourth-order valence-electron chi connectivity index (χ4n) is 3.07. The summed E-state index contributed by atoms with van der Waals surface area (Å²) in [5.41, 5.74) is 2.97. The van der Waals surface area contributed by atoms with Crippen LogP contribution in [0.3, 0.4) is 0 Å². The quantitative estimate of drug-likeness (QED) is 0.702. The molecule has 0 radical (unpaired) electrons. The van der Waals surface area contributed by atoms with Crippen molar-refractivity contribution in [1.82, 2.24) is 0 Å². The molecule has 0 aliphatic carbocycles. The van der Waals surface area contributed by atoms with Crippen LogP contribution < -0.4 is 10.2 Å². The highest BCUT2D eigenvalue weighted by Gasteiger charge is 2.24. The van der Waals surface area contributed by atoms with Gasteiger partial charge in [-0.1, -0.05) is 37.6 Å². The molecule has 3 nitrogen and oxygen atoms in total. The van der Waals surface area contributed by atoms with Crippen molar-refractivity contribution < 1.29 is 4.79 Å². The van der Waals surface area contributed by atoms with Crippen molar-refractivity contribution in [3.63, 3.8) is 0 Å². The van der Waals surface area contributed by atoms with Gasteiger partial charge in [0.25, 0.3) is 0 Å². The molecule has 0 unspecified atom stereocenters. The van der Waals surface area contributed by atoms with E-state index >= 15 is 0 Å². The molecule has 2 aromatic carbocycles. The Bertz CT molecular complexity index is 676. The number of anilines is 2. The zero-order valence-corrected chi connectivity index (χ0v) is 16.2. The van der Waals surface area contributed by atoms with Gasteiger partial charge in [0.1, 0.15) is 0 Å². The van der Waals surface area contributed by atoms with Crippen LogP contribution in [0.15, 0.2) is 48.5 Å². The van der Waals surface area contributed by atoms with Gasteiger partial charge in [0, 0.05) is 29.5 Å². The number of halogens is 1. The molecule has 1 atom stereocenters. The first kappa shape index (κ1) is 19.3. The standard InChI is InChI=1S/C21H27ClN2O/c1-5-24(6-2)19-13-11-18(12-14-19)23-21(25)20(15(3)4)16-7-9-17(22)10-8-16/h7-15,20H,5-6H2,1-4H3,(H,23,25)/t20-/m1/s1. The number of hydrogen-bond donors (Lipinski definition) is 1. The van der Waals surface area contributed by atoms with E-state index in [-0.39, 0.29) is 17.7 Å². The number of nitrogens with one attached hydrogen (secondary N) is 1. The predicted molar refractivity (Wildman–Crippen MR) is 108 cm³/mol. The van der Waals surface area contributed by atoms with E-state index in [1.54, 1.807) is 0 Å². The highest BCUT2D eigenvalue weighted by molar-refractivity contribution is 6.30. The lowest BCUT2D eigenvalue weighted by atomic mass is 9.87. The first-order valence-corrected chi connectivity index (χ1v) is 9.25. The summed E-state index contributed by atoms with van der Waals surface area (Å²) in [5, 5.41) is 3.73. The van der Waals surface area contributed by atoms with Crippen LogP contribution in [0.1, 0.15) is 39.2 Å². The summed E-state index contributed by atoms with van der Waals surface area (Å²) in [6.45, 7) is 10.3. The van der Waals surface area contributed by atoms with Crippen molar-refractivity contribution in [3.05, 3.63) is 59.1 Å². The van der Waals surface area contributed by atoms with E-state index < -0.39 is 0 Å². The van der Waals surface area contributed by atoms with Crippen molar-refractivity contribution in [2.45, 2.75) is 33.6 Å². The van der Waals surface area contributed by atoms with E-state index in [2.05, 4.69) is 50.0 Å². The molecule has 2 aromatic rings. The number of carbonyl (C=O) groups excluding carboxylic acids is 1. The molecule has 0 spiro atoms. The van der Waals surface area contributed by atoms with Gasteiger partial charge in [-0.15, -0.1) is 0 Å². The van der Waals surface area contributed by atoms with Crippen LogP contribution in [0.2, 0.25) is 5.02 Å². The number of rotatable bonds is 7. The number of carbonyl (C=O) groups is 1. The second kappa shape index (κ2) is 8.91. The first-order chi connectivity index (χ1) is 12.0. The third-order valence-electron chi connectivity index (χ3n) is 4.44. The molecule has 0 aliphatic rings. The van der Waals surface area contributed by atoms with Crippen LogP contribution in [0.5, 0.6) is 0 Å². The molecule has 1 N–H and O–H groups in total. The summed E-state index contributed by atoms with van der Waals surface area (Å²) in [6, 6.07) is 15.5. The second-order valence-corrected chi connectivity index (χ2v) is 6.92. The van der Waals surface area contributed by atoms with E-state index in [9.17, 15) is 4.79 Å². The molecule has 1 amide bonds. The summed E-state index contributed by atoms with van der Waals surface area (Å²) in [6.07, 6.45) is 0. The smallest absolute Gasteiger partial charge is 0.232 e. The SMILES string of the molecule is CCN(CC)c1ccc(NC(=O)[C@@H](c2ccc(Cl)cc2)C(C)C)cc1. The molecule has 25 heavy (non-hydrogen) atoms. The molecule has 0 fully saturated rings. The molecule has 134 valence electrons. The van der Waals surface area contributed by atoms with Gasteiger partial charge in [0.2, 0.25) is 5.91 Å². The monoisotopic (exact) mass is 358 g/mol. The summed E-state index contributed by atoms with van der Waals surface area (Å²) in [5.74, 6) is -0.0104. The lowest BCUT2D eigenvalue weighted by Gasteiger charge is -2.22. The maximum absolute atomic E-state index is 12.8. The van der Waals surface area contributed by atoms with Crippen molar-refractivity contribution in [2.24, 2.45) is 5.92 Å². The first-order valence-electron chi connectivity index (χ1n) is 8.87. The Morgan fingerprint density at radius 1 is 1.00 bits per heavy atom. The third kappa shape index (κ3) is 4.99. The van der Waals surface area contributed by atoms with E-state index in [1.807, 2.05) is 36.4 Å². The molecular formula is C21H27ClN2O. The van der Waals surface area contributed by atoms with Crippen molar-refractivity contribution in [3.8, 4) is 0 Å². The Balaban J connectivity index is 2.14. The van der Waals surface area contributed by atoms with Crippen LogP contribution in [0.25, 0.3) is 0 Å². The zero-order chi connectivity index (χ0) is 18.4. The largest absolute Gasteiger partial charge is 0.372 e. The van der Waals surface area contributed by atoms with Gasteiger partial charge >= 0.3 is 0 Å². The Hall–Kier alpha value is -2.00. The molecule has 4 heteroatoms. The molecule has 0 aromatic heterocycles. The molecule has 0 heterocycles. The third-order valence-corrected chi connectivity index (χ3v) is 4.69. The minimum atomic E-state index is -0.209. The summed E-state index contributed by atoms with van der Waals surface area (Å²) in [4.78, 5) is 15.1. The topological polar surface area (TPSA) is 32.3 Å². The Kier molecular flexibility index (Phi) is 6.89. The fraction of sp³-hybridized carbons (Fsp3) is 0.381. The van der Waals surface area contributed by atoms with Gasteiger partial charge in [0.05, 0.1) is 5.92 Å². The average Bonchev–Trinajstić information content (AvgIpc) is 2.59. The molecule has 0 saturated carbocycles. The Labute approximate surface area is 156 Å². The van der Waals surface area contributed by atoms with E-state index in [0.717, 1.165) is 24.3 Å². The van der Waals surface area contributed by atoms with Crippen molar-refractivity contribution in [1.29, 1.82) is 0 Å². The van der Waals surface area contributed by atoms with Crippen LogP contribution in [0.4, 0.5) is 11.4 Å². The highest BCUT2D eigenvalue weighted by atomic mass is 35.5. The fourth-order valence-corrected chi connectivity index (χ4v) is 3.20. The normalized spacial score (nSPS) is 12.1. The average molecular weight is 359 g/mol. The maximum Gasteiger partial charge on any atom is 0.232 e. The highest BCUT2D eigenvalue weighted by Crippen LogP contribution is 2.28. The van der Waals surface area contributed by atoms with Gasteiger partial charge in [0.15, 0.2) is 0 Å². The van der Waals surface area contributed by atoms with Gasteiger partial charge in [-0.25, -0.2) is 0 Å². The number of nitrogens with zero attached hydrogens (tertiary/aromatic N) is 1. The summed E-state index contributed by atoms with van der Waals surface area (Å²) in [7, 11) is 0. The number of benzene rings is 2. The molecule has 2 rings (SSSR count). The number of amides is 1. The molecular weight excluding hydrogens is 332 g/mol. The van der Waals surface area contributed by atoms with Crippen LogP contribution in [0, 0.1) is 5.92 Å². The summed E-state index contributed by atoms with van der Waals surface area (Å²) < 4.78 is 0. The van der Waals surface area contributed by atoms with Crippen LogP contribution in [-0.2, 0) is 4.79 Å². The van der Waals surface area contributed by atoms with Gasteiger partial charge in [-0.2, -0.15) is 0 Å².